The molecule has 1 aromatic heterocycles. The molecule has 1 aliphatic rings. The maximum absolute atomic E-state index is 13.9. The summed E-state index contributed by atoms with van der Waals surface area (Å²) >= 11 is 0. The molecule has 0 saturated carbocycles. The van der Waals surface area contributed by atoms with Gasteiger partial charge in [-0.1, -0.05) is 30.3 Å². The van der Waals surface area contributed by atoms with E-state index in [1.807, 2.05) is 0 Å². The maximum atomic E-state index is 13.9. The molecule has 0 saturated heterocycles. The number of aliphatic hydroxyl groups is 1. The number of aromatic hydroxyl groups is 1. The number of pyridine rings is 1. The minimum atomic E-state index is -1.34. The van der Waals surface area contributed by atoms with Crippen LogP contribution in [-0.4, -0.2) is 39.4 Å². The Morgan fingerprint density at radius 1 is 1.17 bits per heavy atom. The number of carbonyl (C=O) groups excluding carboxylic acids is 2. The van der Waals surface area contributed by atoms with Gasteiger partial charge in [-0.15, -0.1) is 0 Å². The third kappa shape index (κ3) is 5.09. The molecule has 0 fully saturated rings. The summed E-state index contributed by atoms with van der Waals surface area (Å²) < 4.78 is 47.5. The van der Waals surface area contributed by atoms with Crippen molar-refractivity contribution >= 4 is 11.8 Å². The van der Waals surface area contributed by atoms with Gasteiger partial charge < -0.3 is 30.2 Å². The summed E-state index contributed by atoms with van der Waals surface area (Å²) in [6, 6.07) is 9.75. The van der Waals surface area contributed by atoms with Crippen molar-refractivity contribution in [1.82, 2.24) is 15.2 Å². The summed E-state index contributed by atoms with van der Waals surface area (Å²) in [5.74, 6) is -6.61. The molecule has 0 aliphatic carbocycles. The standard InChI is InChI=1S/C24H20F3N3O6/c25-13-7-16(26)14(17(27)8-13)9-28-23(34)15-11-30-18(10-29-24(35)20(30)22(33)21(15)32)36-19(31)6-12-4-2-1-3-5-12/h1-5,7-8,11,18-19,31,33H,6,9-10H2,(H,28,34)(H,29,35)/t18-,19?/m0/s1. The summed E-state index contributed by atoms with van der Waals surface area (Å²) in [4.78, 5) is 37.6. The molecule has 188 valence electrons. The number of rotatable bonds is 7. The van der Waals surface area contributed by atoms with Crippen molar-refractivity contribution in [2.75, 3.05) is 6.54 Å². The summed E-state index contributed by atoms with van der Waals surface area (Å²) in [7, 11) is 0. The van der Waals surface area contributed by atoms with Gasteiger partial charge in [-0.2, -0.15) is 0 Å². The van der Waals surface area contributed by atoms with Gasteiger partial charge in [-0.05, 0) is 5.56 Å². The molecule has 4 N–H and O–H groups in total. The van der Waals surface area contributed by atoms with Crippen LogP contribution in [0.3, 0.4) is 0 Å². The van der Waals surface area contributed by atoms with Crippen LogP contribution in [-0.2, 0) is 17.7 Å². The predicted octanol–water partition coefficient (Wildman–Crippen LogP) is 1.72. The lowest BCUT2D eigenvalue weighted by Crippen LogP contribution is -2.44. The Labute approximate surface area is 201 Å². The zero-order valence-corrected chi connectivity index (χ0v) is 18.5. The van der Waals surface area contributed by atoms with Crippen molar-refractivity contribution in [3.63, 3.8) is 0 Å². The van der Waals surface area contributed by atoms with Crippen LogP contribution >= 0.6 is 0 Å². The average molecular weight is 503 g/mol. The van der Waals surface area contributed by atoms with Gasteiger partial charge in [0.1, 0.15) is 23.0 Å². The molecule has 2 atom stereocenters. The zero-order valence-electron chi connectivity index (χ0n) is 18.5. The smallest absolute Gasteiger partial charge is 0.272 e. The van der Waals surface area contributed by atoms with Crippen molar-refractivity contribution in [1.29, 1.82) is 0 Å². The van der Waals surface area contributed by atoms with Crippen molar-refractivity contribution < 1.29 is 37.7 Å². The second kappa shape index (κ2) is 10.2. The minimum absolute atomic E-state index is 0.0922. The Bertz CT molecular complexity index is 1360. The van der Waals surface area contributed by atoms with Gasteiger partial charge in [0.15, 0.2) is 24.0 Å². The van der Waals surface area contributed by atoms with Crippen LogP contribution in [0.2, 0.25) is 0 Å². The Morgan fingerprint density at radius 2 is 1.83 bits per heavy atom. The summed E-state index contributed by atoms with van der Waals surface area (Å²) in [6.07, 6.45) is -1.41. The topological polar surface area (TPSA) is 130 Å². The van der Waals surface area contributed by atoms with E-state index in [2.05, 4.69) is 10.6 Å². The predicted molar refractivity (Wildman–Crippen MR) is 118 cm³/mol. The van der Waals surface area contributed by atoms with Gasteiger partial charge in [0.05, 0.1) is 6.54 Å². The van der Waals surface area contributed by atoms with Gasteiger partial charge in [0.2, 0.25) is 5.43 Å². The zero-order chi connectivity index (χ0) is 26.0. The van der Waals surface area contributed by atoms with Crippen LogP contribution in [0.4, 0.5) is 13.2 Å². The number of aromatic nitrogens is 1. The molecule has 0 radical (unpaired) electrons. The number of benzene rings is 2. The number of amides is 2. The van der Waals surface area contributed by atoms with E-state index in [9.17, 15) is 37.8 Å². The highest BCUT2D eigenvalue weighted by molar-refractivity contribution is 5.99. The Balaban J connectivity index is 1.59. The SMILES string of the molecule is O=C(NCc1c(F)cc(F)cc1F)c1cn2c(c(O)c1=O)C(=O)NC[C@@H]2OC(O)Cc1ccccc1. The number of hydrogen-bond donors (Lipinski definition) is 4. The molecule has 2 aromatic carbocycles. The van der Waals surface area contributed by atoms with E-state index < -0.39 is 76.3 Å². The molecular weight excluding hydrogens is 483 g/mol. The lowest BCUT2D eigenvalue weighted by molar-refractivity contribution is -0.159. The number of carbonyl (C=O) groups is 2. The lowest BCUT2D eigenvalue weighted by atomic mass is 10.1. The van der Waals surface area contributed by atoms with E-state index >= 15 is 0 Å². The Morgan fingerprint density at radius 3 is 2.50 bits per heavy atom. The van der Waals surface area contributed by atoms with Crippen LogP contribution in [0.15, 0.2) is 53.5 Å². The molecule has 1 aliphatic heterocycles. The Hall–Kier alpha value is -4.16. The van der Waals surface area contributed by atoms with E-state index in [1.54, 1.807) is 30.3 Å². The van der Waals surface area contributed by atoms with Gasteiger partial charge in [0.25, 0.3) is 11.8 Å². The third-order valence-electron chi connectivity index (χ3n) is 5.52. The van der Waals surface area contributed by atoms with E-state index in [4.69, 9.17) is 4.74 Å². The molecule has 1 unspecified atom stereocenters. The Kier molecular flexibility index (Phi) is 7.08. The molecule has 2 heterocycles. The highest BCUT2D eigenvalue weighted by Crippen LogP contribution is 2.24. The van der Waals surface area contributed by atoms with E-state index in [-0.39, 0.29) is 13.0 Å². The summed E-state index contributed by atoms with van der Waals surface area (Å²) in [5, 5.41) is 25.3. The first-order valence-electron chi connectivity index (χ1n) is 10.7. The quantitative estimate of drug-likeness (QED) is 0.364. The number of aliphatic hydroxyl groups excluding tert-OH is 1. The van der Waals surface area contributed by atoms with Crippen molar-refractivity contribution in [3.05, 3.63) is 98.7 Å². The number of hydrogen-bond acceptors (Lipinski definition) is 6. The average Bonchev–Trinajstić information content (AvgIpc) is 2.82. The van der Waals surface area contributed by atoms with Crippen LogP contribution < -0.4 is 16.1 Å². The first-order valence-corrected chi connectivity index (χ1v) is 10.7. The number of nitrogens with zero attached hydrogens (tertiary/aromatic N) is 1. The van der Waals surface area contributed by atoms with Gasteiger partial charge >= 0.3 is 0 Å². The number of ether oxygens (including phenoxy) is 1. The monoisotopic (exact) mass is 503 g/mol. The van der Waals surface area contributed by atoms with Crippen LogP contribution in [0.25, 0.3) is 0 Å². The molecule has 9 nitrogen and oxygen atoms in total. The van der Waals surface area contributed by atoms with Crippen LogP contribution in [0, 0.1) is 17.5 Å². The highest BCUT2D eigenvalue weighted by Gasteiger charge is 2.32. The first kappa shape index (κ1) is 24.9. The van der Waals surface area contributed by atoms with Gasteiger partial charge in [0, 0.05) is 36.9 Å². The summed E-state index contributed by atoms with van der Waals surface area (Å²) in [6.45, 7) is -0.887. The fraction of sp³-hybridized carbons (Fsp3) is 0.208. The summed E-state index contributed by atoms with van der Waals surface area (Å²) in [5.41, 5.74) is -2.24. The van der Waals surface area contributed by atoms with Gasteiger partial charge in [-0.25, -0.2) is 13.2 Å². The number of nitrogens with one attached hydrogen (secondary N) is 2. The number of fused-ring (bicyclic) bond motifs is 1. The minimum Gasteiger partial charge on any atom is -0.503 e. The molecule has 12 heteroatoms. The van der Waals surface area contributed by atoms with E-state index in [0.717, 1.165) is 16.3 Å². The first-order chi connectivity index (χ1) is 17.2. The molecule has 0 bridgehead atoms. The van der Waals surface area contributed by atoms with Crippen LogP contribution in [0.1, 0.15) is 38.2 Å². The van der Waals surface area contributed by atoms with E-state index in [1.165, 1.54) is 0 Å². The normalized spacial score (nSPS) is 15.7. The van der Waals surface area contributed by atoms with Gasteiger partial charge in [-0.3, -0.25) is 14.4 Å². The van der Waals surface area contributed by atoms with Crippen molar-refractivity contribution in [3.8, 4) is 5.75 Å². The maximum Gasteiger partial charge on any atom is 0.272 e. The van der Waals surface area contributed by atoms with Crippen LogP contribution in [0.5, 0.6) is 5.75 Å². The second-order valence-electron chi connectivity index (χ2n) is 7.95. The molecule has 3 aromatic rings. The third-order valence-corrected chi connectivity index (χ3v) is 5.52. The largest absolute Gasteiger partial charge is 0.503 e. The van der Waals surface area contributed by atoms with Crippen molar-refractivity contribution in [2.45, 2.75) is 25.5 Å². The molecule has 2 amide bonds. The highest BCUT2D eigenvalue weighted by atomic mass is 19.1. The fourth-order valence-corrected chi connectivity index (χ4v) is 3.76. The molecular formula is C24H20F3N3O6. The lowest BCUT2D eigenvalue weighted by Gasteiger charge is -2.31. The molecule has 0 spiro atoms. The number of halogens is 3. The molecule has 4 rings (SSSR count). The van der Waals surface area contributed by atoms with Crippen molar-refractivity contribution in [2.24, 2.45) is 0 Å². The van der Waals surface area contributed by atoms with E-state index in [0.29, 0.717) is 12.1 Å². The fourth-order valence-electron chi connectivity index (χ4n) is 3.76. The molecule has 36 heavy (non-hydrogen) atoms. The second-order valence-corrected chi connectivity index (χ2v) is 7.95.